The van der Waals surface area contributed by atoms with E-state index in [0.29, 0.717) is 6.54 Å². The number of hydrogen-bond donors (Lipinski definition) is 2. The predicted octanol–water partition coefficient (Wildman–Crippen LogP) is 2.76. The highest BCUT2D eigenvalue weighted by molar-refractivity contribution is 9.10. The number of rotatable bonds is 6. The standard InChI is InChI=1S/C14H19BrN2O.ClH/c15-12-5-3-11(4-6-12)14(7-8-14)13(18)17-10-2-1-9-16;/h3-6H,1-2,7-10,16H2,(H,17,18);1H. The normalized spacial score (nSPS) is 15.5. The first kappa shape index (κ1) is 16.5. The number of unbranched alkanes of at least 4 members (excludes halogenated alkanes) is 1. The minimum atomic E-state index is -0.261. The van der Waals surface area contributed by atoms with Gasteiger partial charge < -0.3 is 11.1 Å². The van der Waals surface area contributed by atoms with Gasteiger partial charge in [-0.3, -0.25) is 4.79 Å². The molecule has 0 unspecified atom stereocenters. The van der Waals surface area contributed by atoms with Crippen LogP contribution in [0.3, 0.4) is 0 Å². The van der Waals surface area contributed by atoms with Crippen molar-refractivity contribution in [3.05, 3.63) is 34.3 Å². The molecule has 1 aromatic carbocycles. The van der Waals surface area contributed by atoms with Crippen LogP contribution in [0.1, 0.15) is 31.2 Å². The van der Waals surface area contributed by atoms with Gasteiger partial charge in [-0.2, -0.15) is 0 Å². The lowest BCUT2D eigenvalue weighted by Crippen LogP contribution is -2.35. The average molecular weight is 348 g/mol. The zero-order valence-corrected chi connectivity index (χ0v) is 13.2. The summed E-state index contributed by atoms with van der Waals surface area (Å²) in [5, 5.41) is 3.03. The van der Waals surface area contributed by atoms with Crippen molar-refractivity contribution in [2.24, 2.45) is 5.73 Å². The third-order valence-corrected chi connectivity index (χ3v) is 4.03. The van der Waals surface area contributed by atoms with Crippen molar-refractivity contribution in [3.63, 3.8) is 0 Å². The van der Waals surface area contributed by atoms with Crippen molar-refractivity contribution in [3.8, 4) is 0 Å². The molecule has 1 aromatic rings. The Balaban J connectivity index is 0.00000180. The van der Waals surface area contributed by atoms with E-state index in [1.165, 1.54) is 0 Å². The van der Waals surface area contributed by atoms with Gasteiger partial charge in [-0.25, -0.2) is 0 Å². The summed E-state index contributed by atoms with van der Waals surface area (Å²) < 4.78 is 1.05. The maximum atomic E-state index is 12.2. The predicted molar refractivity (Wildman–Crippen MR) is 83.6 cm³/mol. The lowest BCUT2D eigenvalue weighted by atomic mass is 9.95. The molecule has 5 heteroatoms. The van der Waals surface area contributed by atoms with Crippen molar-refractivity contribution < 1.29 is 4.79 Å². The van der Waals surface area contributed by atoms with Crippen LogP contribution in [0.15, 0.2) is 28.7 Å². The Morgan fingerprint density at radius 1 is 1.26 bits per heavy atom. The average Bonchev–Trinajstić information content (AvgIpc) is 3.17. The molecule has 1 aliphatic rings. The molecule has 2 rings (SSSR count). The second-order valence-electron chi connectivity index (χ2n) is 4.84. The van der Waals surface area contributed by atoms with Gasteiger partial charge in [0.05, 0.1) is 5.41 Å². The molecule has 19 heavy (non-hydrogen) atoms. The van der Waals surface area contributed by atoms with Crippen molar-refractivity contribution in [2.45, 2.75) is 31.1 Å². The number of amides is 1. The molecule has 1 saturated carbocycles. The lowest BCUT2D eigenvalue weighted by molar-refractivity contribution is -0.123. The Kier molecular flexibility index (Phi) is 6.30. The third-order valence-electron chi connectivity index (χ3n) is 3.50. The molecule has 1 fully saturated rings. The van der Waals surface area contributed by atoms with E-state index in [2.05, 4.69) is 21.2 Å². The quantitative estimate of drug-likeness (QED) is 0.777. The van der Waals surface area contributed by atoms with Crippen molar-refractivity contribution in [1.29, 1.82) is 0 Å². The number of halogens is 2. The second-order valence-corrected chi connectivity index (χ2v) is 5.76. The van der Waals surface area contributed by atoms with Gasteiger partial charge in [-0.15, -0.1) is 12.4 Å². The smallest absolute Gasteiger partial charge is 0.230 e. The minimum absolute atomic E-state index is 0. The molecule has 0 bridgehead atoms. The molecule has 3 nitrogen and oxygen atoms in total. The summed E-state index contributed by atoms with van der Waals surface area (Å²) in [5.41, 5.74) is 6.30. The van der Waals surface area contributed by atoms with Gasteiger partial charge in [-0.1, -0.05) is 28.1 Å². The highest BCUT2D eigenvalue weighted by atomic mass is 79.9. The molecule has 1 aliphatic carbocycles. The highest BCUT2D eigenvalue weighted by Gasteiger charge is 2.50. The van der Waals surface area contributed by atoms with Crippen molar-refractivity contribution in [2.75, 3.05) is 13.1 Å². The van der Waals surface area contributed by atoms with E-state index in [0.717, 1.165) is 42.3 Å². The van der Waals surface area contributed by atoms with E-state index < -0.39 is 0 Å². The monoisotopic (exact) mass is 346 g/mol. The summed E-state index contributed by atoms with van der Waals surface area (Å²) in [4.78, 5) is 12.2. The first-order valence-electron chi connectivity index (χ1n) is 6.43. The summed E-state index contributed by atoms with van der Waals surface area (Å²) in [5.74, 6) is 0.168. The van der Waals surface area contributed by atoms with E-state index in [1.54, 1.807) is 0 Å². The third kappa shape index (κ3) is 3.94. The van der Waals surface area contributed by atoms with E-state index >= 15 is 0 Å². The number of carbonyl (C=O) groups is 1. The largest absolute Gasteiger partial charge is 0.355 e. The SMILES string of the molecule is Cl.NCCCCNC(=O)C1(c2ccc(Br)cc2)CC1. The number of hydrogen-bond acceptors (Lipinski definition) is 2. The van der Waals surface area contributed by atoms with Crippen LogP contribution >= 0.6 is 28.3 Å². The van der Waals surface area contributed by atoms with Crippen LogP contribution in [0.25, 0.3) is 0 Å². The van der Waals surface area contributed by atoms with Crippen LogP contribution in [-0.2, 0) is 10.2 Å². The van der Waals surface area contributed by atoms with E-state index in [9.17, 15) is 4.79 Å². The van der Waals surface area contributed by atoms with Crippen molar-refractivity contribution in [1.82, 2.24) is 5.32 Å². The van der Waals surface area contributed by atoms with Crippen LogP contribution in [0.5, 0.6) is 0 Å². The molecule has 0 saturated heterocycles. The maximum Gasteiger partial charge on any atom is 0.230 e. The Bertz CT molecular complexity index is 418. The molecule has 0 aliphatic heterocycles. The number of carbonyl (C=O) groups excluding carboxylic acids is 1. The zero-order chi connectivity index (χ0) is 13.0. The molecule has 0 atom stereocenters. The fourth-order valence-corrected chi connectivity index (χ4v) is 2.45. The summed E-state index contributed by atoms with van der Waals surface area (Å²) in [6, 6.07) is 8.07. The van der Waals surface area contributed by atoms with Crippen LogP contribution < -0.4 is 11.1 Å². The Morgan fingerprint density at radius 2 is 1.89 bits per heavy atom. The van der Waals surface area contributed by atoms with Gasteiger partial charge in [0.1, 0.15) is 0 Å². The Labute approximate surface area is 128 Å². The maximum absolute atomic E-state index is 12.2. The van der Waals surface area contributed by atoms with Crippen molar-refractivity contribution >= 4 is 34.2 Å². The first-order valence-corrected chi connectivity index (χ1v) is 7.23. The molecular formula is C14H20BrClN2O. The summed E-state index contributed by atoms with van der Waals surface area (Å²) in [6.45, 7) is 1.42. The number of benzene rings is 1. The fraction of sp³-hybridized carbons (Fsp3) is 0.500. The highest BCUT2D eigenvalue weighted by Crippen LogP contribution is 2.48. The summed E-state index contributed by atoms with van der Waals surface area (Å²) >= 11 is 3.42. The van der Waals surface area contributed by atoms with Crippen LogP contribution in [0, 0.1) is 0 Å². The Morgan fingerprint density at radius 3 is 2.42 bits per heavy atom. The molecule has 0 heterocycles. The first-order chi connectivity index (χ1) is 8.69. The van der Waals surface area contributed by atoms with Gasteiger partial charge in [0.2, 0.25) is 5.91 Å². The second kappa shape index (κ2) is 7.27. The van der Waals surface area contributed by atoms with Gasteiger partial charge in [-0.05, 0) is 49.9 Å². The zero-order valence-electron chi connectivity index (χ0n) is 10.8. The topological polar surface area (TPSA) is 55.1 Å². The van der Waals surface area contributed by atoms with Crippen LogP contribution in [-0.4, -0.2) is 19.0 Å². The van der Waals surface area contributed by atoms with Crippen LogP contribution in [0.2, 0.25) is 0 Å². The number of nitrogens with two attached hydrogens (primary N) is 1. The molecule has 1 amide bonds. The Hall–Kier alpha value is -0.580. The van der Waals surface area contributed by atoms with Crippen LogP contribution in [0.4, 0.5) is 0 Å². The lowest BCUT2D eigenvalue weighted by Gasteiger charge is -2.15. The van der Waals surface area contributed by atoms with Gasteiger partial charge >= 0.3 is 0 Å². The molecule has 0 spiro atoms. The van der Waals surface area contributed by atoms with E-state index in [1.807, 2.05) is 24.3 Å². The van der Waals surface area contributed by atoms with Gasteiger partial charge in [0.15, 0.2) is 0 Å². The fourth-order valence-electron chi connectivity index (χ4n) is 2.18. The molecule has 0 radical (unpaired) electrons. The molecular weight excluding hydrogens is 328 g/mol. The molecule has 3 N–H and O–H groups in total. The molecule has 0 aromatic heterocycles. The molecule has 106 valence electrons. The van der Waals surface area contributed by atoms with Gasteiger partial charge in [0, 0.05) is 11.0 Å². The van der Waals surface area contributed by atoms with E-state index in [-0.39, 0.29) is 23.7 Å². The van der Waals surface area contributed by atoms with Gasteiger partial charge in [0.25, 0.3) is 0 Å². The minimum Gasteiger partial charge on any atom is -0.355 e. The summed E-state index contributed by atoms with van der Waals surface area (Å²) in [7, 11) is 0. The van der Waals surface area contributed by atoms with E-state index in [4.69, 9.17) is 5.73 Å². The number of nitrogens with one attached hydrogen (secondary N) is 1. The summed E-state index contributed by atoms with van der Waals surface area (Å²) in [6.07, 6.45) is 3.83.